The van der Waals surface area contributed by atoms with Crippen LogP contribution in [-0.4, -0.2) is 38.4 Å². The van der Waals surface area contributed by atoms with E-state index >= 15 is 0 Å². The molecule has 0 aromatic carbocycles. The monoisotopic (exact) mass is 400 g/mol. The van der Waals surface area contributed by atoms with Gasteiger partial charge < -0.3 is 14.2 Å². The Morgan fingerprint density at radius 1 is 0.679 bits per heavy atom. The summed E-state index contributed by atoms with van der Waals surface area (Å²) >= 11 is 0. The lowest BCUT2D eigenvalue weighted by Crippen LogP contribution is -2.19. The summed E-state index contributed by atoms with van der Waals surface area (Å²) in [6.07, 6.45) is 14.0. The van der Waals surface area contributed by atoms with Gasteiger partial charge in [0.15, 0.2) is 0 Å². The number of esters is 2. The van der Waals surface area contributed by atoms with Crippen molar-refractivity contribution in [1.29, 1.82) is 0 Å². The summed E-state index contributed by atoms with van der Waals surface area (Å²) in [6, 6.07) is 0. The Bertz CT molecular complexity index is 370. The first-order valence-corrected chi connectivity index (χ1v) is 11.5. The SMILES string of the molecule is CCCCCCCOC(=O)CCCC(=O)OC(CCCCCC)CCCOC. The maximum atomic E-state index is 12.1. The minimum atomic E-state index is -0.209. The zero-order valence-electron chi connectivity index (χ0n) is 18.6. The van der Waals surface area contributed by atoms with Crippen LogP contribution in [0.5, 0.6) is 0 Å². The fraction of sp³-hybridized carbons (Fsp3) is 0.913. The first-order valence-electron chi connectivity index (χ1n) is 11.5. The van der Waals surface area contributed by atoms with Gasteiger partial charge in [-0.15, -0.1) is 0 Å². The van der Waals surface area contributed by atoms with Crippen LogP contribution in [0.25, 0.3) is 0 Å². The third-order valence-corrected chi connectivity index (χ3v) is 4.83. The molecule has 0 rings (SSSR count). The second-order valence-electron chi connectivity index (χ2n) is 7.58. The molecule has 0 fully saturated rings. The van der Waals surface area contributed by atoms with E-state index in [9.17, 15) is 9.59 Å². The smallest absolute Gasteiger partial charge is 0.306 e. The van der Waals surface area contributed by atoms with Crippen molar-refractivity contribution in [3.63, 3.8) is 0 Å². The first-order chi connectivity index (χ1) is 13.6. The number of hydrogen-bond donors (Lipinski definition) is 0. The molecular weight excluding hydrogens is 356 g/mol. The quantitative estimate of drug-likeness (QED) is 0.186. The molecule has 5 heteroatoms. The van der Waals surface area contributed by atoms with Crippen LogP contribution in [0.1, 0.15) is 110 Å². The van der Waals surface area contributed by atoms with Crippen LogP contribution in [0.2, 0.25) is 0 Å². The maximum Gasteiger partial charge on any atom is 0.306 e. The van der Waals surface area contributed by atoms with E-state index in [0.717, 1.165) is 38.5 Å². The highest BCUT2D eigenvalue weighted by atomic mass is 16.5. The second-order valence-corrected chi connectivity index (χ2v) is 7.58. The molecule has 0 aromatic heterocycles. The van der Waals surface area contributed by atoms with Gasteiger partial charge in [-0.1, -0.05) is 58.8 Å². The van der Waals surface area contributed by atoms with Gasteiger partial charge in [0.2, 0.25) is 0 Å². The highest BCUT2D eigenvalue weighted by Gasteiger charge is 2.15. The summed E-state index contributed by atoms with van der Waals surface area (Å²) < 4.78 is 16.0. The lowest BCUT2D eigenvalue weighted by molar-refractivity contribution is -0.150. The van der Waals surface area contributed by atoms with Gasteiger partial charge in [0.1, 0.15) is 6.10 Å². The molecule has 0 spiro atoms. The molecule has 0 aliphatic rings. The summed E-state index contributed by atoms with van der Waals surface area (Å²) in [7, 11) is 1.69. The third kappa shape index (κ3) is 18.3. The van der Waals surface area contributed by atoms with Crippen molar-refractivity contribution in [2.24, 2.45) is 0 Å². The van der Waals surface area contributed by atoms with Gasteiger partial charge in [-0.2, -0.15) is 0 Å². The number of carbonyl (C=O) groups is 2. The number of rotatable bonds is 20. The Hall–Kier alpha value is -1.10. The minimum Gasteiger partial charge on any atom is -0.466 e. The Morgan fingerprint density at radius 2 is 1.29 bits per heavy atom. The number of ether oxygens (including phenoxy) is 3. The molecule has 0 amide bonds. The molecule has 0 aromatic rings. The lowest BCUT2D eigenvalue weighted by Gasteiger charge is -2.18. The van der Waals surface area contributed by atoms with Crippen LogP contribution in [0.15, 0.2) is 0 Å². The number of hydrogen-bond acceptors (Lipinski definition) is 5. The molecule has 5 nitrogen and oxygen atoms in total. The molecule has 0 aliphatic heterocycles. The molecule has 0 heterocycles. The van der Waals surface area contributed by atoms with Crippen molar-refractivity contribution < 1.29 is 23.8 Å². The zero-order valence-corrected chi connectivity index (χ0v) is 18.6. The van der Waals surface area contributed by atoms with Gasteiger partial charge in [0, 0.05) is 26.6 Å². The first kappa shape index (κ1) is 26.9. The van der Waals surface area contributed by atoms with Crippen molar-refractivity contribution in [3.8, 4) is 0 Å². The van der Waals surface area contributed by atoms with Crippen molar-refractivity contribution in [1.82, 2.24) is 0 Å². The van der Waals surface area contributed by atoms with E-state index in [2.05, 4.69) is 13.8 Å². The summed E-state index contributed by atoms with van der Waals surface area (Å²) in [5.41, 5.74) is 0. The van der Waals surface area contributed by atoms with Crippen molar-refractivity contribution >= 4 is 11.9 Å². The van der Waals surface area contributed by atoms with E-state index in [0.29, 0.717) is 19.6 Å². The molecule has 166 valence electrons. The lowest BCUT2D eigenvalue weighted by atomic mass is 10.1. The van der Waals surface area contributed by atoms with E-state index in [1.54, 1.807) is 7.11 Å². The molecule has 0 radical (unpaired) electrons. The Balaban J connectivity index is 3.89. The molecule has 0 saturated heterocycles. The molecule has 1 unspecified atom stereocenters. The normalized spacial score (nSPS) is 12.0. The fourth-order valence-corrected chi connectivity index (χ4v) is 3.10. The third-order valence-electron chi connectivity index (χ3n) is 4.83. The molecule has 28 heavy (non-hydrogen) atoms. The topological polar surface area (TPSA) is 61.8 Å². The fourth-order valence-electron chi connectivity index (χ4n) is 3.10. The molecule has 1 atom stereocenters. The zero-order chi connectivity index (χ0) is 20.9. The predicted molar refractivity (Wildman–Crippen MR) is 113 cm³/mol. The highest BCUT2D eigenvalue weighted by Crippen LogP contribution is 2.15. The van der Waals surface area contributed by atoms with Crippen molar-refractivity contribution in [3.05, 3.63) is 0 Å². The molecular formula is C23H44O5. The summed E-state index contributed by atoms with van der Waals surface area (Å²) in [5, 5.41) is 0. The predicted octanol–water partition coefficient (Wildman–Crippen LogP) is 5.98. The molecule has 0 N–H and O–H groups in total. The van der Waals surface area contributed by atoms with Crippen LogP contribution in [0, 0.1) is 0 Å². The van der Waals surface area contributed by atoms with Gasteiger partial charge in [-0.25, -0.2) is 0 Å². The van der Waals surface area contributed by atoms with E-state index in [1.807, 2.05) is 0 Å². The second kappa shape index (κ2) is 20.6. The summed E-state index contributed by atoms with van der Waals surface area (Å²) in [5.74, 6) is -0.412. The molecule has 0 bridgehead atoms. The van der Waals surface area contributed by atoms with Gasteiger partial charge in [0.25, 0.3) is 0 Å². The molecule has 0 saturated carbocycles. The van der Waals surface area contributed by atoms with Gasteiger partial charge >= 0.3 is 11.9 Å². The van der Waals surface area contributed by atoms with Crippen molar-refractivity contribution in [2.45, 2.75) is 116 Å². The van der Waals surface area contributed by atoms with E-state index < -0.39 is 0 Å². The van der Waals surface area contributed by atoms with Crippen LogP contribution in [0.3, 0.4) is 0 Å². The largest absolute Gasteiger partial charge is 0.466 e. The average Bonchev–Trinajstić information content (AvgIpc) is 2.68. The Labute approximate surface area is 172 Å². The number of carbonyl (C=O) groups excluding carboxylic acids is 2. The van der Waals surface area contributed by atoms with Gasteiger partial charge in [0.05, 0.1) is 6.61 Å². The van der Waals surface area contributed by atoms with Crippen LogP contribution in [0.4, 0.5) is 0 Å². The Morgan fingerprint density at radius 3 is 1.96 bits per heavy atom. The van der Waals surface area contributed by atoms with E-state index in [4.69, 9.17) is 14.2 Å². The molecule has 0 aliphatic carbocycles. The minimum absolute atomic E-state index is 0.0328. The standard InChI is InChI=1S/C23H44O5/c1-4-6-8-10-12-20-27-22(24)17-13-18-23(25)28-21(16-14-19-26-3)15-11-9-7-5-2/h21H,4-20H2,1-3H3. The number of unbranched alkanes of at least 4 members (excludes halogenated alkanes) is 7. The van der Waals surface area contributed by atoms with Crippen LogP contribution >= 0.6 is 0 Å². The van der Waals surface area contributed by atoms with Crippen LogP contribution in [-0.2, 0) is 23.8 Å². The van der Waals surface area contributed by atoms with E-state index in [-0.39, 0.29) is 30.9 Å². The highest BCUT2D eigenvalue weighted by molar-refractivity contribution is 5.72. The average molecular weight is 401 g/mol. The Kier molecular flexibility index (Phi) is 19.8. The van der Waals surface area contributed by atoms with Crippen molar-refractivity contribution in [2.75, 3.05) is 20.3 Å². The summed E-state index contributed by atoms with van der Waals surface area (Å²) in [6.45, 7) is 5.55. The van der Waals surface area contributed by atoms with Gasteiger partial charge in [-0.05, 0) is 38.5 Å². The van der Waals surface area contributed by atoms with E-state index in [1.165, 1.54) is 38.5 Å². The number of methoxy groups -OCH3 is 1. The van der Waals surface area contributed by atoms with Gasteiger partial charge in [-0.3, -0.25) is 9.59 Å². The maximum absolute atomic E-state index is 12.1. The summed E-state index contributed by atoms with van der Waals surface area (Å²) in [4.78, 5) is 23.8. The van der Waals surface area contributed by atoms with Crippen LogP contribution < -0.4 is 0 Å².